The molecule has 0 bridgehead atoms. The van der Waals surface area contributed by atoms with Gasteiger partial charge in [-0.2, -0.15) is 0 Å². The molecule has 0 atom stereocenters. The maximum atomic E-state index is 2.44. The van der Waals surface area contributed by atoms with Crippen LogP contribution in [-0.4, -0.2) is 0 Å². The summed E-state index contributed by atoms with van der Waals surface area (Å²) in [6.45, 7) is 13.5. The summed E-state index contributed by atoms with van der Waals surface area (Å²) < 4.78 is 0. The Balaban J connectivity index is 0.000000434. The first-order chi connectivity index (χ1) is 26.8. The predicted molar refractivity (Wildman–Crippen MR) is 251 cm³/mol. The molecule has 0 heterocycles. The lowest BCUT2D eigenvalue weighted by Crippen LogP contribution is -2.25. The Morgan fingerprint density at radius 2 is 0.873 bits per heavy atom. The second kappa shape index (κ2) is 23.6. The molecule has 0 aromatic heterocycles. The third kappa shape index (κ3) is 14.4. The second-order valence-corrected chi connectivity index (χ2v) is 19.0. The van der Waals surface area contributed by atoms with Gasteiger partial charge in [-0.25, -0.2) is 0 Å². The summed E-state index contributed by atoms with van der Waals surface area (Å²) >= 11 is 0. The van der Waals surface area contributed by atoms with E-state index in [-0.39, 0.29) is 5.71 Å². The maximum absolute atomic E-state index is 2.44. The van der Waals surface area contributed by atoms with E-state index >= 15 is 0 Å². The molecule has 0 aliphatic heterocycles. The third-order valence-electron chi connectivity index (χ3n) is 14.8. The molecule has 3 aromatic rings. The van der Waals surface area contributed by atoms with Crippen LogP contribution in [0.5, 0.6) is 0 Å². The number of allylic oxidation sites excluding steroid dienone is 2. The van der Waals surface area contributed by atoms with E-state index in [9.17, 15) is 0 Å². The second-order valence-electron chi connectivity index (χ2n) is 19.0. The van der Waals surface area contributed by atoms with E-state index in [1.165, 1.54) is 118 Å². The standard InChI is InChI=1S/C22H34.C17H18.C16H30.4H2/c1-3-4-18-7-11-20(12-8-18)22-15-13-21(14-16-22)19-9-5-17(2)6-10-19;1-3-4-5-15-8-12-17(13-9-15)16-10-6-14(2)7-11-16;1-3-4-14-7-11-16(12-8-14)15-9-5-13(2)6-10-15;;;;/h5-6,9-10,18,20-22H,3-4,7-8,11-16H2,1-2H3;3-4,6-13H,5H2,1-2H3;13-16H,3-12H2,1-2H3;4*1H/b;4-3+;;;;;. The van der Waals surface area contributed by atoms with Gasteiger partial charge in [-0.1, -0.05) is 181 Å². The first kappa shape index (κ1) is 43.5. The molecule has 4 aliphatic rings. The summed E-state index contributed by atoms with van der Waals surface area (Å²) in [5, 5.41) is 0. The van der Waals surface area contributed by atoms with Crippen molar-refractivity contribution >= 4 is 0 Å². The largest absolute Gasteiger partial charge is 0.0913 e. The summed E-state index contributed by atoms with van der Waals surface area (Å²) in [7, 11) is 0. The molecule has 0 saturated heterocycles. The number of hydrogen-bond donors (Lipinski definition) is 0. The van der Waals surface area contributed by atoms with Crippen molar-refractivity contribution in [1.82, 2.24) is 0 Å². The van der Waals surface area contributed by atoms with Crippen LogP contribution in [0.25, 0.3) is 11.1 Å². The SMILES string of the molecule is C/C=C/Cc1ccc(-c2ccc(C)cc2)cc1.CCCC1CCC(C2CCC(C)CC2)CC1.CCCC1CCC(C2CCC(c3ccc(C)cc3)CC2)CC1.[HH].[HH].[HH].[HH]. The van der Waals surface area contributed by atoms with E-state index in [0.29, 0.717) is 0 Å². The van der Waals surface area contributed by atoms with Crippen LogP contribution in [0.15, 0.2) is 84.9 Å². The minimum Gasteiger partial charge on any atom is -0.0913 e. The molecular formula is C55H90. The van der Waals surface area contributed by atoms with Crippen molar-refractivity contribution in [2.45, 2.75) is 182 Å². The molecule has 0 unspecified atom stereocenters. The molecule has 0 amide bonds. The van der Waals surface area contributed by atoms with Gasteiger partial charge in [0.2, 0.25) is 0 Å². The number of aryl methyl sites for hydroxylation is 2. The van der Waals surface area contributed by atoms with Gasteiger partial charge in [0.25, 0.3) is 0 Å². The first-order valence-electron chi connectivity index (χ1n) is 23.7. The highest BCUT2D eigenvalue weighted by atomic mass is 14.4. The van der Waals surface area contributed by atoms with Crippen molar-refractivity contribution < 1.29 is 5.71 Å². The fourth-order valence-corrected chi connectivity index (χ4v) is 11.1. The van der Waals surface area contributed by atoms with Crippen LogP contribution in [0.4, 0.5) is 0 Å². The van der Waals surface area contributed by atoms with E-state index in [4.69, 9.17) is 0 Å². The summed E-state index contributed by atoms with van der Waals surface area (Å²) in [6, 6.07) is 26.8. The Labute approximate surface area is 346 Å². The Hall–Kier alpha value is -2.60. The molecule has 55 heavy (non-hydrogen) atoms. The fourth-order valence-electron chi connectivity index (χ4n) is 11.1. The Bertz CT molecular complexity index is 1460. The summed E-state index contributed by atoms with van der Waals surface area (Å²) in [5.41, 5.74) is 8.22. The van der Waals surface area contributed by atoms with Crippen LogP contribution in [-0.2, 0) is 6.42 Å². The molecule has 4 fully saturated rings. The molecular weight excluding hydrogens is 661 g/mol. The lowest BCUT2D eigenvalue weighted by atomic mass is 9.68. The highest BCUT2D eigenvalue weighted by Gasteiger charge is 2.31. The normalized spacial score (nSPS) is 28.4. The summed E-state index contributed by atoms with van der Waals surface area (Å²) in [6.07, 6.45) is 35.3. The van der Waals surface area contributed by atoms with Gasteiger partial charge in [-0.05, 0) is 161 Å². The molecule has 3 aromatic carbocycles. The van der Waals surface area contributed by atoms with Gasteiger partial charge in [-0.3, -0.25) is 0 Å². The summed E-state index contributed by atoms with van der Waals surface area (Å²) in [5.74, 6) is 8.34. The number of hydrogen-bond acceptors (Lipinski definition) is 0. The van der Waals surface area contributed by atoms with Crippen LogP contribution in [0.2, 0.25) is 0 Å². The van der Waals surface area contributed by atoms with Crippen LogP contribution in [0, 0.1) is 55.3 Å². The van der Waals surface area contributed by atoms with Crippen molar-refractivity contribution in [2.24, 2.45) is 41.4 Å². The lowest BCUT2D eigenvalue weighted by molar-refractivity contribution is 0.147. The van der Waals surface area contributed by atoms with Crippen molar-refractivity contribution in [2.75, 3.05) is 0 Å². The minimum absolute atomic E-state index is 0. The van der Waals surface area contributed by atoms with Gasteiger partial charge in [0, 0.05) is 5.71 Å². The van der Waals surface area contributed by atoms with Gasteiger partial charge in [0.15, 0.2) is 0 Å². The maximum Gasteiger partial charge on any atom is 0 e. The molecule has 0 spiro atoms. The number of rotatable bonds is 10. The van der Waals surface area contributed by atoms with Gasteiger partial charge in [-0.15, -0.1) is 0 Å². The zero-order valence-electron chi connectivity index (χ0n) is 36.6. The molecule has 0 nitrogen and oxygen atoms in total. The highest BCUT2D eigenvalue weighted by Crippen LogP contribution is 2.45. The lowest BCUT2D eigenvalue weighted by Gasteiger charge is -2.38. The monoisotopic (exact) mass is 751 g/mol. The van der Waals surface area contributed by atoms with Gasteiger partial charge in [0.1, 0.15) is 0 Å². The smallest absolute Gasteiger partial charge is 0 e. The van der Waals surface area contributed by atoms with E-state index < -0.39 is 0 Å². The van der Waals surface area contributed by atoms with Gasteiger partial charge < -0.3 is 0 Å². The topological polar surface area (TPSA) is 0 Å². The fraction of sp³-hybridized carbons (Fsp3) is 0.636. The Morgan fingerprint density at radius 3 is 1.29 bits per heavy atom. The highest BCUT2D eigenvalue weighted by molar-refractivity contribution is 5.64. The molecule has 0 radical (unpaired) electrons. The minimum atomic E-state index is 0. The Kier molecular flexibility index (Phi) is 18.7. The van der Waals surface area contributed by atoms with Crippen LogP contribution in [0.1, 0.15) is 190 Å². The number of benzene rings is 3. The average Bonchev–Trinajstić information content (AvgIpc) is 3.23. The average molecular weight is 751 g/mol. The Morgan fingerprint density at radius 1 is 0.491 bits per heavy atom. The predicted octanol–water partition coefficient (Wildman–Crippen LogP) is 18.1. The van der Waals surface area contributed by atoms with E-state index in [1.54, 1.807) is 44.1 Å². The van der Waals surface area contributed by atoms with E-state index in [0.717, 1.165) is 53.8 Å². The molecule has 4 saturated carbocycles. The van der Waals surface area contributed by atoms with Crippen molar-refractivity contribution in [1.29, 1.82) is 0 Å². The van der Waals surface area contributed by atoms with Crippen LogP contribution in [0.3, 0.4) is 0 Å². The first-order valence-corrected chi connectivity index (χ1v) is 23.7. The molecule has 310 valence electrons. The zero-order chi connectivity index (χ0) is 38.8. The van der Waals surface area contributed by atoms with Crippen LogP contribution < -0.4 is 0 Å². The van der Waals surface area contributed by atoms with Gasteiger partial charge >= 0.3 is 0 Å². The van der Waals surface area contributed by atoms with E-state index in [1.807, 2.05) is 0 Å². The molecule has 7 rings (SSSR count). The van der Waals surface area contributed by atoms with Crippen molar-refractivity contribution in [3.63, 3.8) is 0 Å². The van der Waals surface area contributed by atoms with Crippen molar-refractivity contribution in [3.05, 3.63) is 107 Å². The molecule has 0 heteroatoms. The third-order valence-corrected chi connectivity index (χ3v) is 14.8. The van der Waals surface area contributed by atoms with E-state index in [2.05, 4.69) is 126 Å². The summed E-state index contributed by atoms with van der Waals surface area (Å²) in [4.78, 5) is 0. The molecule has 4 aliphatic carbocycles. The molecule has 0 N–H and O–H groups in total. The van der Waals surface area contributed by atoms with Crippen molar-refractivity contribution in [3.8, 4) is 11.1 Å². The zero-order valence-corrected chi connectivity index (χ0v) is 36.6. The quantitative estimate of drug-likeness (QED) is 0.181. The van der Waals surface area contributed by atoms with Crippen LogP contribution >= 0.6 is 0 Å². The van der Waals surface area contributed by atoms with Gasteiger partial charge in [0.05, 0.1) is 0 Å².